The third kappa shape index (κ3) is 3.62. The molecule has 98 valence electrons. The molecule has 0 saturated carbocycles. The molecular weight excluding hydrogens is 252 g/mol. The van der Waals surface area contributed by atoms with E-state index in [2.05, 4.69) is 0 Å². The molecular formula is C13H17ClN2O2. The molecule has 18 heavy (non-hydrogen) atoms. The van der Waals surface area contributed by atoms with Crippen LogP contribution in [0.5, 0.6) is 0 Å². The van der Waals surface area contributed by atoms with Crippen LogP contribution in [0.25, 0.3) is 0 Å². The predicted molar refractivity (Wildman–Crippen MR) is 70.4 cm³/mol. The monoisotopic (exact) mass is 268 g/mol. The first-order valence-electron chi connectivity index (χ1n) is 6.07. The lowest BCUT2D eigenvalue weighted by Gasteiger charge is -2.29. The van der Waals surface area contributed by atoms with E-state index in [1.807, 2.05) is 12.1 Å². The number of rotatable bonds is 2. The first kappa shape index (κ1) is 13.2. The predicted octanol–water partition coefficient (Wildman–Crippen LogP) is 2.40. The van der Waals surface area contributed by atoms with Crippen LogP contribution in [0.2, 0.25) is 5.02 Å². The highest BCUT2D eigenvalue weighted by Crippen LogP contribution is 2.13. The Bertz CT molecular complexity index is 408. The summed E-state index contributed by atoms with van der Waals surface area (Å²) in [6, 6.07) is 7.32. The van der Waals surface area contributed by atoms with Crippen LogP contribution in [-0.4, -0.2) is 30.1 Å². The zero-order chi connectivity index (χ0) is 13.0. The summed E-state index contributed by atoms with van der Waals surface area (Å²) in [6.07, 6.45) is 1.62. The van der Waals surface area contributed by atoms with Gasteiger partial charge in [0.1, 0.15) is 6.61 Å². The van der Waals surface area contributed by atoms with Crippen LogP contribution in [0.1, 0.15) is 18.4 Å². The summed E-state index contributed by atoms with van der Waals surface area (Å²) < 4.78 is 5.24. The van der Waals surface area contributed by atoms with E-state index in [0.29, 0.717) is 11.6 Å². The van der Waals surface area contributed by atoms with Gasteiger partial charge >= 0.3 is 6.09 Å². The molecule has 2 rings (SSSR count). The van der Waals surface area contributed by atoms with E-state index in [1.54, 1.807) is 17.0 Å². The van der Waals surface area contributed by atoms with Crippen LogP contribution in [-0.2, 0) is 11.3 Å². The molecule has 1 amide bonds. The van der Waals surface area contributed by atoms with Crippen LogP contribution in [0.15, 0.2) is 24.3 Å². The highest BCUT2D eigenvalue weighted by molar-refractivity contribution is 6.30. The van der Waals surface area contributed by atoms with Crippen LogP contribution < -0.4 is 5.73 Å². The van der Waals surface area contributed by atoms with E-state index in [0.717, 1.165) is 24.9 Å². The van der Waals surface area contributed by atoms with Gasteiger partial charge in [0.2, 0.25) is 0 Å². The van der Waals surface area contributed by atoms with E-state index in [4.69, 9.17) is 22.1 Å². The van der Waals surface area contributed by atoms with Gasteiger partial charge in [0.25, 0.3) is 0 Å². The van der Waals surface area contributed by atoms with E-state index in [-0.39, 0.29) is 18.7 Å². The average Bonchev–Trinajstić information content (AvgIpc) is 2.38. The summed E-state index contributed by atoms with van der Waals surface area (Å²) >= 11 is 5.78. The van der Waals surface area contributed by atoms with E-state index >= 15 is 0 Å². The van der Waals surface area contributed by atoms with Gasteiger partial charge in [-0.05, 0) is 30.5 Å². The minimum Gasteiger partial charge on any atom is -0.445 e. The first-order chi connectivity index (χ1) is 8.65. The summed E-state index contributed by atoms with van der Waals surface area (Å²) in [5.41, 5.74) is 6.75. The molecule has 0 radical (unpaired) electrons. The largest absolute Gasteiger partial charge is 0.445 e. The van der Waals surface area contributed by atoms with Gasteiger partial charge in [-0.15, -0.1) is 0 Å². The number of hydrogen-bond donors (Lipinski definition) is 1. The van der Waals surface area contributed by atoms with Gasteiger partial charge < -0.3 is 15.4 Å². The van der Waals surface area contributed by atoms with Crippen LogP contribution in [0.4, 0.5) is 4.79 Å². The molecule has 1 heterocycles. The van der Waals surface area contributed by atoms with Crippen molar-refractivity contribution in [1.82, 2.24) is 4.90 Å². The molecule has 1 atom stereocenters. The van der Waals surface area contributed by atoms with Crippen molar-refractivity contribution in [1.29, 1.82) is 0 Å². The smallest absolute Gasteiger partial charge is 0.410 e. The number of hydrogen-bond acceptors (Lipinski definition) is 3. The van der Waals surface area contributed by atoms with Crippen LogP contribution in [0.3, 0.4) is 0 Å². The summed E-state index contributed by atoms with van der Waals surface area (Å²) in [7, 11) is 0. The zero-order valence-electron chi connectivity index (χ0n) is 10.1. The molecule has 5 heteroatoms. The maximum atomic E-state index is 11.8. The SMILES string of the molecule is N[C@@H]1CCCN(C(=O)OCc2ccc(Cl)cc2)C1. The fourth-order valence-corrected chi connectivity index (χ4v) is 2.12. The number of piperidine rings is 1. The molecule has 1 aliphatic heterocycles. The normalized spacial score (nSPS) is 19.7. The Morgan fingerprint density at radius 3 is 2.83 bits per heavy atom. The third-order valence-electron chi connectivity index (χ3n) is 2.99. The molecule has 0 unspecified atom stereocenters. The van der Waals surface area contributed by atoms with E-state index in [9.17, 15) is 4.79 Å². The molecule has 1 saturated heterocycles. The van der Waals surface area contributed by atoms with E-state index in [1.165, 1.54) is 0 Å². The number of nitrogens with zero attached hydrogens (tertiary/aromatic N) is 1. The molecule has 0 spiro atoms. The Balaban J connectivity index is 1.82. The lowest BCUT2D eigenvalue weighted by molar-refractivity contribution is 0.0862. The van der Waals surface area contributed by atoms with Crippen molar-refractivity contribution in [2.75, 3.05) is 13.1 Å². The van der Waals surface area contributed by atoms with Crippen LogP contribution in [0, 0.1) is 0 Å². The van der Waals surface area contributed by atoms with Crippen molar-refractivity contribution < 1.29 is 9.53 Å². The van der Waals surface area contributed by atoms with Crippen molar-refractivity contribution in [2.45, 2.75) is 25.5 Å². The highest BCUT2D eigenvalue weighted by atomic mass is 35.5. The molecule has 2 N–H and O–H groups in total. The van der Waals surface area contributed by atoms with Crippen molar-refractivity contribution in [2.24, 2.45) is 5.73 Å². The minimum atomic E-state index is -0.292. The number of benzene rings is 1. The fraction of sp³-hybridized carbons (Fsp3) is 0.462. The number of carbonyl (C=O) groups excluding carboxylic acids is 1. The fourth-order valence-electron chi connectivity index (χ4n) is 1.99. The molecule has 0 aromatic heterocycles. The van der Waals surface area contributed by atoms with Gasteiger partial charge in [0, 0.05) is 24.2 Å². The molecule has 1 fully saturated rings. The third-order valence-corrected chi connectivity index (χ3v) is 3.24. The summed E-state index contributed by atoms with van der Waals surface area (Å²) in [5.74, 6) is 0. The standard InChI is InChI=1S/C13H17ClN2O2/c14-11-5-3-10(4-6-11)9-18-13(17)16-7-1-2-12(15)8-16/h3-6,12H,1-2,7-9,15H2/t12-/m1/s1. The average molecular weight is 269 g/mol. The van der Waals surface area contributed by atoms with Crippen molar-refractivity contribution in [3.8, 4) is 0 Å². The summed E-state index contributed by atoms with van der Waals surface area (Å²) in [5, 5.41) is 0.673. The lowest BCUT2D eigenvalue weighted by Crippen LogP contribution is -2.45. The topological polar surface area (TPSA) is 55.6 Å². The first-order valence-corrected chi connectivity index (χ1v) is 6.44. The van der Waals surface area contributed by atoms with Gasteiger partial charge in [0.05, 0.1) is 0 Å². The van der Waals surface area contributed by atoms with Crippen molar-refractivity contribution >= 4 is 17.7 Å². The van der Waals surface area contributed by atoms with Gasteiger partial charge in [-0.25, -0.2) is 4.79 Å². The van der Waals surface area contributed by atoms with Crippen LogP contribution >= 0.6 is 11.6 Å². The Hall–Kier alpha value is -1.26. The Labute approximate surface area is 112 Å². The second kappa shape index (κ2) is 6.07. The zero-order valence-corrected chi connectivity index (χ0v) is 10.9. The summed E-state index contributed by atoms with van der Waals surface area (Å²) in [4.78, 5) is 13.5. The summed E-state index contributed by atoms with van der Waals surface area (Å²) in [6.45, 7) is 1.58. The number of halogens is 1. The Morgan fingerprint density at radius 1 is 1.44 bits per heavy atom. The minimum absolute atomic E-state index is 0.0711. The van der Waals surface area contributed by atoms with Gasteiger partial charge in [-0.1, -0.05) is 23.7 Å². The number of ether oxygens (including phenoxy) is 1. The second-order valence-corrected chi connectivity index (χ2v) is 4.97. The van der Waals surface area contributed by atoms with Gasteiger partial charge in [-0.2, -0.15) is 0 Å². The second-order valence-electron chi connectivity index (χ2n) is 4.53. The Morgan fingerprint density at radius 2 is 2.17 bits per heavy atom. The maximum absolute atomic E-state index is 11.8. The lowest BCUT2D eigenvalue weighted by atomic mass is 10.1. The van der Waals surface area contributed by atoms with E-state index < -0.39 is 0 Å². The quantitative estimate of drug-likeness (QED) is 0.896. The number of amides is 1. The molecule has 0 aliphatic carbocycles. The number of likely N-dealkylation sites (tertiary alicyclic amines) is 1. The maximum Gasteiger partial charge on any atom is 0.410 e. The van der Waals surface area contributed by atoms with Gasteiger partial charge in [0.15, 0.2) is 0 Å². The molecule has 1 aliphatic rings. The number of nitrogens with two attached hydrogens (primary N) is 1. The molecule has 4 nitrogen and oxygen atoms in total. The molecule has 0 bridgehead atoms. The van der Waals surface area contributed by atoms with Crippen molar-refractivity contribution in [3.05, 3.63) is 34.9 Å². The number of carbonyl (C=O) groups is 1. The Kier molecular flexibility index (Phi) is 4.44. The van der Waals surface area contributed by atoms with Gasteiger partial charge in [-0.3, -0.25) is 0 Å². The molecule has 1 aromatic rings. The molecule has 1 aromatic carbocycles. The van der Waals surface area contributed by atoms with Crippen molar-refractivity contribution in [3.63, 3.8) is 0 Å². The highest BCUT2D eigenvalue weighted by Gasteiger charge is 2.22.